The van der Waals surface area contributed by atoms with E-state index in [1.165, 1.54) is 5.69 Å². The lowest BCUT2D eigenvalue weighted by Gasteiger charge is -2.14. The third-order valence-electron chi connectivity index (χ3n) is 4.75. The lowest BCUT2D eigenvalue weighted by atomic mass is 10.1. The molecule has 1 aromatic carbocycles. The zero-order chi connectivity index (χ0) is 20.6. The van der Waals surface area contributed by atoms with Crippen LogP contribution in [0, 0.1) is 6.92 Å². The average molecular weight is 394 g/mol. The summed E-state index contributed by atoms with van der Waals surface area (Å²) in [5, 5.41) is 9.20. The highest BCUT2D eigenvalue weighted by Gasteiger charge is 2.17. The third-order valence-corrected chi connectivity index (χ3v) is 4.75. The van der Waals surface area contributed by atoms with Gasteiger partial charge in [0.05, 0.1) is 6.54 Å². The molecule has 1 unspecified atom stereocenters. The molecule has 0 amide bonds. The fourth-order valence-corrected chi connectivity index (χ4v) is 3.25. The Balaban J connectivity index is 1.58. The number of carboxylic acids is 1. The van der Waals surface area contributed by atoms with Gasteiger partial charge in [-0.2, -0.15) is 0 Å². The number of aromatic nitrogens is 2. The van der Waals surface area contributed by atoms with Crippen molar-refractivity contribution in [2.75, 3.05) is 13.2 Å². The van der Waals surface area contributed by atoms with Gasteiger partial charge in [0.15, 0.2) is 6.10 Å². The molecule has 1 N–H and O–H groups in total. The van der Waals surface area contributed by atoms with Crippen molar-refractivity contribution in [3.63, 3.8) is 0 Å². The molecule has 0 bridgehead atoms. The maximum atomic E-state index is 11.2. The van der Waals surface area contributed by atoms with Crippen LogP contribution in [0.2, 0.25) is 0 Å². The number of benzene rings is 1. The fourth-order valence-electron chi connectivity index (χ4n) is 3.25. The average Bonchev–Trinajstić information content (AvgIpc) is 3.10. The second-order valence-corrected chi connectivity index (χ2v) is 6.73. The molecule has 29 heavy (non-hydrogen) atoms. The molecule has 3 rings (SSSR count). The molecule has 0 aliphatic heterocycles. The van der Waals surface area contributed by atoms with Crippen LogP contribution in [0.25, 0.3) is 11.3 Å². The molecule has 0 saturated heterocycles. The molecule has 0 aliphatic carbocycles. The minimum absolute atomic E-state index is 0.335. The van der Waals surface area contributed by atoms with Crippen molar-refractivity contribution < 1.29 is 19.4 Å². The number of carboxylic acid groups (broad SMARTS) is 1. The summed E-state index contributed by atoms with van der Waals surface area (Å²) in [6, 6.07) is 15.7. The molecule has 3 aromatic rings. The summed E-state index contributed by atoms with van der Waals surface area (Å²) in [5.41, 5.74) is 4.34. The van der Waals surface area contributed by atoms with Crippen LogP contribution in [0.3, 0.4) is 0 Å². The van der Waals surface area contributed by atoms with E-state index in [9.17, 15) is 9.90 Å². The Hall–Kier alpha value is -3.12. The molecule has 0 fully saturated rings. The summed E-state index contributed by atoms with van der Waals surface area (Å²) in [6.45, 7) is 5.50. The van der Waals surface area contributed by atoms with Gasteiger partial charge in [0.2, 0.25) is 0 Å². The van der Waals surface area contributed by atoms with Crippen LogP contribution in [0.15, 0.2) is 60.9 Å². The van der Waals surface area contributed by atoms with E-state index in [1.807, 2.05) is 36.4 Å². The van der Waals surface area contributed by atoms with Crippen molar-refractivity contribution in [2.45, 2.75) is 32.9 Å². The van der Waals surface area contributed by atoms with Crippen molar-refractivity contribution in [3.05, 3.63) is 72.2 Å². The Morgan fingerprint density at radius 3 is 2.48 bits per heavy atom. The Morgan fingerprint density at radius 1 is 1.10 bits per heavy atom. The molecule has 1 atom stereocenters. The van der Waals surface area contributed by atoms with Gasteiger partial charge in [-0.25, -0.2) is 4.79 Å². The van der Waals surface area contributed by atoms with Crippen molar-refractivity contribution in [1.29, 1.82) is 0 Å². The Morgan fingerprint density at radius 2 is 1.83 bits per heavy atom. The molecular weight excluding hydrogens is 368 g/mol. The number of rotatable bonds is 10. The SMILES string of the molecule is CCOC(Cc1ccc(OCCn2c(C)ccc2-c2ccncc2)cc1)C(=O)O. The molecule has 0 spiro atoms. The predicted octanol–water partition coefficient (Wildman–Crippen LogP) is 3.97. The number of nitrogens with zero attached hydrogens (tertiary/aromatic N) is 2. The minimum atomic E-state index is -0.945. The van der Waals surface area contributed by atoms with Crippen LogP contribution < -0.4 is 4.74 Å². The van der Waals surface area contributed by atoms with Crippen molar-refractivity contribution in [1.82, 2.24) is 9.55 Å². The van der Waals surface area contributed by atoms with E-state index in [0.29, 0.717) is 19.6 Å². The van der Waals surface area contributed by atoms with E-state index in [-0.39, 0.29) is 0 Å². The van der Waals surface area contributed by atoms with Gasteiger partial charge in [-0.15, -0.1) is 0 Å². The molecule has 2 aromatic heterocycles. The lowest BCUT2D eigenvalue weighted by Crippen LogP contribution is -2.26. The molecule has 6 nitrogen and oxygen atoms in total. The summed E-state index contributed by atoms with van der Waals surface area (Å²) in [4.78, 5) is 15.3. The highest BCUT2D eigenvalue weighted by molar-refractivity contribution is 5.72. The second-order valence-electron chi connectivity index (χ2n) is 6.73. The zero-order valence-corrected chi connectivity index (χ0v) is 16.7. The highest BCUT2D eigenvalue weighted by atomic mass is 16.5. The summed E-state index contributed by atoms with van der Waals surface area (Å²) >= 11 is 0. The van der Waals surface area contributed by atoms with Gasteiger partial charge < -0.3 is 19.1 Å². The van der Waals surface area contributed by atoms with Crippen molar-refractivity contribution in [3.8, 4) is 17.0 Å². The Bertz CT molecular complexity index is 920. The first-order valence-electron chi connectivity index (χ1n) is 9.71. The molecule has 0 radical (unpaired) electrons. The second kappa shape index (κ2) is 9.89. The minimum Gasteiger partial charge on any atom is -0.492 e. The Labute approximate surface area is 170 Å². The van der Waals surface area contributed by atoms with Crippen LogP contribution in [0.4, 0.5) is 0 Å². The number of aliphatic carboxylic acids is 1. The predicted molar refractivity (Wildman–Crippen MR) is 111 cm³/mol. The van der Waals surface area contributed by atoms with Crippen LogP contribution >= 0.6 is 0 Å². The fraction of sp³-hybridized carbons (Fsp3) is 0.304. The molecule has 152 valence electrons. The van der Waals surface area contributed by atoms with Gasteiger partial charge in [0.1, 0.15) is 12.4 Å². The zero-order valence-electron chi connectivity index (χ0n) is 16.7. The molecular formula is C23H26N2O4. The number of hydrogen-bond acceptors (Lipinski definition) is 4. The largest absolute Gasteiger partial charge is 0.492 e. The van der Waals surface area contributed by atoms with Gasteiger partial charge in [0, 0.05) is 42.4 Å². The molecule has 2 heterocycles. The maximum Gasteiger partial charge on any atom is 0.333 e. The lowest BCUT2D eigenvalue weighted by molar-refractivity contribution is -0.149. The van der Waals surface area contributed by atoms with Crippen molar-refractivity contribution >= 4 is 5.97 Å². The van der Waals surface area contributed by atoms with E-state index >= 15 is 0 Å². The number of hydrogen-bond donors (Lipinski definition) is 1. The molecule has 0 aliphatic rings. The van der Waals surface area contributed by atoms with E-state index in [1.54, 1.807) is 19.3 Å². The summed E-state index contributed by atoms with van der Waals surface area (Å²) < 4.78 is 13.4. The number of aryl methyl sites for hydroxylation is 1. The maximum absolute atomic E-state index is 11.2. The summed E-state index contributed by atoms with van der Waals surface area (Å²) in [7, 11) is 0. The third kappa shape index (κ3) is 5.45. The number of pyridine rings is 1. The summed E-state index contributed by atoms with van der Waals surface area (Å²) in [6.07, 6.45) is 3.10. The van der Waals surface area contributed by atoms with Crippen LogP contribution in [-0.2, 0) is 22.5 Å². The van der Waals surface area contributed by atoms with E-state index < -0.39 is 12.1 Å². The monoisotopic (exact) mass is 394 g/mol. The van der Waals surface area contributed by atoms with Crippen molar-refractivity contribution in [2.24, 2.45) is 0 Å². The van der Waals surface area contributed by atoms with Crippen LogP contribution in [-0.4, -0.2) is 39.9 Å². The first-order valence-corrected chi connectivity index (χ1v) is 9.71. The van der Waals surface area contributed by atoms with Gasteiger partial charge >= 0.3 is 5.97 Å². The molecule has 6 heteroatoms. The van der Waals surface area contributed by atoms with E-state index in [4.69, 9.17) is 9.47 Å². The Kier molecular flexibility index (Phi) is 7.03. The first-order chi connectivity index (χ1) is 14.1. The van der Waals surface area contributed by atoms with Gasteiger partial charge in [-0.3, -0.25) is 4.98 Å². The smallest absolute Gasteiger partial charge is 0.333 e. The topological polar surface area (TPSA) is 73.6 Å². The van der Waals surface area contributed by atoms with E-state index in [2.05, 4.69) is 28.6 Å². The van der Waals surface area contributed by atoms with Gasteiger partial charge in [-0.1, -0.05) is 12.1 Å². The van der Waals surface area contributed by atoms with Crippen LogP contribution in [0.5, 0.6) is 5.75 Å². The quantitative estimate of drug-likeness (QED) is 0.563. The van der Waals surface area contributed by atoms with E-state index in [0.717, 1.165) is 29.1 Å². The number of ether oxygens (including phenoxy) is 2. The van der Waals surface area contributed by atoms with Gasteiger partial charge in [-0.05, 0) is 55.8 Å². The normalized spacial score (nSPS) is 11.9. The standard InChI is InChI=1S/C23H26N2O4/c1-3-28-22(23(26)27)16-18-5-7-20(8-6-18)29-15-14-25-17(2)4-9-21(25)19-10-12-24-13-11-19/h4-13,22H,3,14-16H2,1-2H3,(H,26,27). The molecule has 0 saturated carbocycles. The highest BCUT2D eigenvalue weighted by Crippen LogP contribution is 2.22. The number of carbonyl (C=O) groups is 1. The summed E-state index contributed by atoms with van der Waals surface area (Å²) in [5.74, 6) is -0.188. The van der Waals surface area contributed by atoms with Gasteiger partial charge in [0.25, 0.3) is 0 Å². The first kappa shape index (κ1) is 20.6. The van der Waals surface area contributed by atoms with Crippen LogP contribution in [0.1, 0.15) is 18.2 Å².